The van der Waals surface area contributed by atoms with Gasteiger partial charge >= 0.3 is 0 Å². The molecule has 22 heavy (non-hydrogen) atoms. The molecule has 2 aliphatic carbocycles. The van der Waals surface area contributed by atoms with Crippen molar-refractivity contribution in [1.82, 2.24) is 0 Å². The normalized spacial score (nSPS) is 41.9. The van der Waals surface area contributed by atoms with Crippen LogP contribution in [0.4, 0.5) is 0 Å². The van der Waals surface area contributed by atoms with Crippen LogP contribution in [-0.4, -0.2) is 22.4 Å². The van der Waals surface area contributed by atoms with Crippen molar-refractivity contribution in [2.45, 2.75) is 65.6 Å². The third-order valence-electron chi connectivity index (χ3n) is 6.51. The van der Waals surface area contributed by atoms with E-state index in [0.717, 1.165) is 19.3 Å². The van der Waals surface area contributed by atoms with Gasteiger partial charge in [-0.25, -0.2) is 0 Å². The summed E-state index contributed by atoms with van der Waals surface area (Å²) in [5.41, 5.74) is 2.22. The summed E-state index contributed by atoms with van der Waals surface area (Å²) in [6, 6.07) is 0. The molecule has 2 aliphatic rings. The summed E-state index contributed by atoms with van der Waals surface area (Å²) in [5, 5.41) is 20.9. The van der Waals surface area contributed by atoms with E-state index in [-0.39, 0.29) is 10.8 Å². The first-order chi connectivity index (χ1) is 10.1. The van der Waals surface area contributed by atoms with Crippen molar-refractivity contribution in [2.24, 2.45) is 22.7 Å². The van der Waals surface area contributed by atoms with Gasteiger partial charge in [-0.15, -0.1) is 0 Å². The van der Waals surface area contributed by atoms with Gasteiger partial charge in [0.1, 0.15) is 0 Å². The SMILES string of the molecule is C=CC(C)=CCC1C(=C)CCC2C(C)(C)C(O)C(O)CC12C. The Hall–Kier alpha value is -0.860. The third kappa shape index (κ3) is 2.72. The lowest BCUT2D eigenvalue weighted by Crippen LogP contribution is -2.60. The minimum absolute atomic E-state index is 0.00453. The zero-order valence-electron chi connectivity index (χ0n) is 14.6. The van der Waals surface area contributed by atoms with Crippen molar-refractivity contribution in [3.05, 3.63) is 36.5 Å². The molecule has 2 N–H and O–H groups in total. The highest BCUT2D eigenvalue weighted by Gasteiger charge is 2.58. The molecule has 2 fully saturated rings. The second-order valence-electron chi connectivity index (χ2n) is 8.23. The lowest BCUT2D eigenvalue weighted by Gasteiger charge is -2.60. The predicted molar refractivity (Wildman–Crippen MR) is 92.4 cm³/mol. The Balaban J connectivity index is 2.37. The lowest BCUT2D eigenvalue weighted by atomic mass is 9.46. The van der Waals surface area contributed by atoms with Crippen molar-refractivity contribution in [3.8, 4) is 0 Å². The smallest absolute Gasteiger partial charge is 0.0852 e. The largest absolute Gasteiger partial charge is 0.390 e. The van der Waals surface area contributed by atoms with Crippen LogP contribution in [-0.2, 0) is 0 Å². The summed E-state index contributed by atoms with van der Waals surface area (Å²) >= 11 is 0. The Labute approximate surface area is 135 Å². The van der Waals surface area contributed by atoms with Crippen LogP contribution < -0.4 is 0 Å². The minimum Gasteiger partial charge on any atom is -0.390 e. The van der Waals surface area contributed by atoms with E-state index in [1.54, 1.807) is 0 Å². The van der Waals surface area contributed by atoms with Gasteiger partial charge in [-0.3, -0.25) is 0 Å². The van der Waals surface area contributed by atoms with Gasteiger partial charge in [0.2, 0.25) is 0 Å². The highest BCUT2D eigenvalue weighted by atomic mass is 16.3. The lowest BCUT2D eigenvalue weighted by molar-refractivity contribution is -0.179. The molecule has 2 saturated carbocycles. The molecule has 0 aromatic heterocycles. The summed E-state index contributed by atoms with van der Waals surface area (Å²) in [5.74, 6) is 0.772. The molecule has 0 spiro atoms. The van der Waals surface area contributed by atoms with Gasteiger partial charge in [0, 0.05) is 0 Å². The summed E-state index contributed by atoms with van der Waals surface area (Å²) in [6.07, 6.45) is 6.54. The van der Waals surface area contributed by atoms with E-state index < -0.39 is 12.2 Å². The quantitative estimate of drug-likeness (QED) is 0.604. The van der Waals surface area contributed by atoms with Crippen LogP contribution in [0.15, 0.2) is 36.5 Å². The highest BCUT2D eigenvalue weighted by molar-refractivity contribution is 5.21. The van der Waals surface area contributed by atoms with Crippen molar-refractivity contribution >= 4 is 0 Å². The first-order valence-corrected chi connectivity index (χ1v) is 8.47. The molecule has 124 valence electrons. The maximum absolute atomic E-state index is 10.5. The number of hydrogen-bond acceptors (Lipinski definition) is 2. The zero-order chi connectivity index (χ0) is 16.7. The number of rotatable bonds is 3. The first-order valence-electron chi connectivity index (χ1n) is 8.47. The van der Waals surface area contributed by atoms with Gasteiger partial charge < -0.3 is 10.2 Å². The highest BCUT2D eigenvalue weighted by Crippen LogP contribution is 2.61. The van der Waals surface area contributed by atoms with Crippen molar-refractivity contribution in [3.63, 3.8) is 0 Å². The number of allylic oxidation sites excluding steroid dienone is 4. The van der Waals surface area contributed by atoms with E-state index in [9.17, 15) is 10.2 Å². The standard InChI is InChI=1S/C20H32O2/c1-7-13(2)8-10-15-14(3)9-11-17-19(4,5)18(22)16(21)12-20(15,17)6/h7-8,15-18,21-22H,1,3,9-12H2,2,4-6H3. The maximum Gasteiger partial charge on any atom is 0.0852 e. The van der Waals surface area contributed by atoms with Crippen molar-refractivity contribution in [1.29, 1.82) is 0 Å². The molecule has 0 saturated heterocycles. The monoisotopic (exact) mass is 304 g/mol. The molecule has 0 aliphatic heterocycles. The van der Waals surface area contributed by atoms with Gasteiger partial charge in [-0.2, -0.15) is 0 Å². The van der Waals surface area contributed by atoms with Gasteiger partial charge in [0.25, 0.3) is 0 Å². The second-order valence-corrected chi connectivity index (χ2v) is 8.23. The van der Waals surface area contributed by atoms with Crippen LogP contribution in [0.1, 0.15) is 53.4 Å². The average molecular weight is 304 g/mol. The topological polar surface area (TPSA) is 40.5 Å². The van der Waals surface area contributed by atoms with Crippen LogP contribution in [0.5, 0.6) is 0 Å². The van der Waals surface area contributed by atoms with Gasteiger partial charge in [0.05, 0.1) is 12.2 Å². The van der Waals surface area contributed by atoms with Crippen LogP contribution in [0.2, 0.25) is 0 Å². The van der Waals surface area contributed by atoms with Crippen LogP contribution in [0.3, 0.4) is 0 Å². The van der Waals surface area contributed by atoms with Crippen molar-refractivity contribution in [2.75, 3.05) is 0 Å². The number of hydrogen-bond donors (Lipinski definition) is 2. The fraction of sp³-hybridized carbons (Fsp3) is 0.700. The third-order valence-corrected chi connectivity index (χ3v) is 6.51. The van der Waals surface area contributed by atoms with Crippen LogP contribution >= 0.6 is 0 Å². The minimum atomic E-state index is -0.644. The molecular weight excluding hydrogens is 272 g/mol. The van der Waals surface area contributed by atoms with E-state index in [0.29, 0.717) is 18.3 Å². The fourth-order valence-corrected chi connectivity index (χ4v) is 5.14. The van der Waals surface area contributed by atoms with E-state index in [1.165, 1.54) is 11.1 Å². The molecule has 0 aromatic rings. The second kappa shape index (κ2) is 5.98. The Morgan fingerprint density at radius 3 is 2.55 bits per heavy atom. The van der Waals surface area contributed by atoms with E-state index >= 15 is 0 Å². The first kappa shape index (κ1) is 17.5. The molecular formula is C20H32O2. The fourth-order valence-electron chi connectivity index (χ4n) is 5.14. The molecule has 2 rings (SSSR count). The molecule has 2 nitrogen and oxygen atoms in total. The number of aliphatic hydroxyl groups is 2. The summed E-state index contributed by atoms with van der Waals surface area (Å²) in [4.78, 5) is 0. The molecule has 5 unspecified atom stereocenters. The summed E-state index contributed by atoms with van der Waals surface area (Å²) in [6.45, 7) is 16.7. The van der Waals surface area contributed by atoms with Crippen LogP contribution in [0, 0.1) is 22.7 Å². The summed E-state index contributed by atoms with van der Waals surface area (Å²) in [7, 11) is 0. The number of aliphatic hydroxyl groups excluding tert-OH is 2. The number of fused-ring (bicyclic) bond motifs is 1. The van der Waals surface area contributed by atoms with Crippen molar-refractivity contribution < 1.29 is 10.2 Å². The average Bonchev–Trinajstić information content (AvgIpc) is 2.43. The molecule has 0 bridgehead atoms. The van der Waals surface area contributed by atoms with Gasteiger partial charge in [0.15, 0.2) is 0 Å². The van der Waals surface area contributed by atoms with Crippen LogP contribution in [0.25, 0.3) is 0 Å². The molecule has 0 heterocycles. The molecule has 5 atom stereocenters. The Morgan fingerprint density at radius 2 is 1.95 bits per heavy atom. The molecule has 0 aromatic carbocycles. The zero-order valence-corrected chi connectivity index (χ0v) is 14.6. The Kier molecular flexibility index (Phi) is 4.75. The predicted octanol–water partition coefficient (Wildman–Crippen LogP) is 4.25. The van der Waals surface area contributed by atoms with E-state index in [4.69, 9.17) is 0 Å². The Morgan fingerprint density at radius 1 is 1.32 bits per heavy atom. The molecule has 0 amide bonds. The molecule has 0 radical (unpaired) electrons. The molecule has 2 heteroatoms. The van der Waals surface area contributed by atoms with E-state index in [2.05, 4.69) is 46.9 Å². The van der Waals surface area contributed by atoms with Gasteiger partial charge in [-0.1, -0.05) is 57.2 Å². The summed E-state index contributed by atoms with van der Waals surface area (Å²) < 4.78 is 0. The van der Waals surface area contributed by atoms with E-state index in [1.807, 2.05) is 6.08 Å². The maximum atomic E-state index is 10.5. The van der Waals surface area contributed by atoms with Gasteiger partial charge in [-0.05, 0) is 55.3 Å². The Bertz CT molecular complexity index is 488.